The normalized spacial score (nSPS) is 16.8. The van der Waals surface area contributed by atoms with Gasteiger partial charge < -0.3 is 0 Å². The van der Waals surface area contributed by atoms with Crippen LogP contribution in [0.15, 0.2) is 19.7 Å². The van der Waals surface area contributed by atoms with E-state index in [1.165, 1.54) is 7.57 Å². The summed E-state index contributed by atoms with van der Waals surface area (Å²) in [7, 11) is -8.04. The van der Waals surface area contributed by atoms with Gasteiger partial charge in [-0.15, -0.1) is 22.7 Å². The monoisotopic (exact) mass is 888 g/mol. The van der Waals surface area contributed by atoms with Gasteiger partial charge in [-0.2, -0.15) is 22.7 Å². The van der Waals surface area contributed by atoms with Crippen LogP contribution in [0.1, 0.15) is 0 Å². The second-order valence-corrected chi connectivity index (χ2v) is 55.4. The first-order chi connectivity index (χ1) is 19.7. The van der Waals surface area contributed by atoms with Gasteiger partial charge in [0, 0.05) is 20.1 Å². The number of fused-ring (bicyclic) bond motifs is 6. The molecule has 12 heteroatoms. The van der Waals surface area contributed by atoms with Gasteiger partial charge in [0.2, 0.25) is 0 Å². The Morgan fingerprint density at radius 2 is 0.773 bits per heavy atom. The van der Waals surface area contributed by atoms with E-state index in [4.69, 9.17) is 0 Å². The molecular formula is C32H50Br2S4Si6. The first-order valence-electron chi connectivity index (χ1n) is 15.7. The molecule has 4 aromatic heterocycles. The van der Waals surface area contributed by atoms with E-state index in [2.05, 4.69) is 171 Å². The zero-order valence-electron chi connectivity index (χ0n) is 29.5. The fourth-order valence-corrected chi connectivity index (χ4v) is 36.6. The summed E-state index contributed by atoms with van der Waals surface area (Å²) in [6, 6.07) is 5.11. The average Bonchev–Trinajstić information content (AvgIpc) is 3.61. The van der Waals surface area contributed by atoms with E-state index in [1.54, 1.807) is 59.6 Å². The lowest BCUT2D eigenvalue weighted by molar-refractivity contribution is 1.77. The third kappa shape index (κ3) is 5.96. The van der Waals surface area contributed by atoms with Crippen LogP contribution in [-0.4, -0.2) is 48.4 Å². The molecule has 4 aromatic rings. The van der Waals surface area contributed by atoms with Gasteiger partial charge in [-0.05, 0) is 83.5 Å². The molecule has 2 aliphatic rings. The molecule has 0 aliphatic carbocycles. The molecule has 44 heavy (non-hydrogen) atoms. The second-order valence-electron chi connectivity index (χ2n) is 17.9. The van der Waals surface area contributed by atoms with Crippen LogP contribution in [0.4, 0.5) is 0 Å². The molecule has 0 spiro atoms. The van der Waals surface area contributed by atoms with Crippen molar-refractivity contribution in [2.75, 3.05) is 0 Å². The predicted octanol–water partition coefficient (Wildman–Crippen LogP) is 8.93. The highest BCUT2D eigenvalue weighted by Crippen LogP contribution is 2.41. The number of thiophene rings is 4. The minimum absolute atomic E-state index is 1.22. The first-order valence-corrected chi connectivity index (χ1v) is 40.5. The van der Waals surface area contributed by atoms with Crippen LogP contribution in [0, 0.1) is 0 Å². The van der Waals surface area contributed by atoms with Gasteiger partial charge in [0.15, 0.2) is 0 Å². The zero-order valence-corrected chi connectivity index (χ0v) is 42.0. The molecule has 6 rings (SSSR count). The van der Waals surface area contributed by atoms with Crippen molar-refractivity contribution in [2.45, 2.75) is 105 Å². The Bertz CT molecular complexity index is 1650. The van der Waals surface area contributed by atoms with Crippen LogP contribution in [0.5, 0.6) is 0 Å². The molecule has 240 valence electrons. The molecule has 0 saturated heterocycles. The maximum atomic E-state index is 3.92. The molecule has 0 aromatic carbocycles. The lowest BCUT2D eigenvalue weighted by Crippen LogP contribution is -2.58. The van der Waals surface area contributed by atoms with Crippen molar-refractivity contribution in [2.24, 2.45) is 0 Å². The second kappa shape index (κ2) is 11.3. The summed E-state index contributed by atoms with van der Waals surface area (Å²) in [5.74, 6) is 0. The molecule has 6 heterocycles. The van der Waals surface area contributed by atoms with Crippen LogP contribution in [-0.2, 0) is 0 Å². The Hall–Kier alpha value is 1.06. The predicted molar refractivity (Wildman–Crippen MR) is 236 cm³/mol. The van der Waals surface area contributed by atoms with E-state index in [9.17, 15) is 0 Å². The molecule has 0 amide bonds. The van der Waals surface area contributed by atoms with E-state index in [0.29, 0.717) is 0 Å². The van der Waals surface area contributed by atoms with Gasteiger partial charge in [0.25, 0.3) is 0 Å². The van der Waals surface area contributed by atoms with Crippen molar-refractivity contribution >= 4 is 163 Å². The van der Waals surface area contributed by atoms with E-state index >= 15 is 0 Å². The molecule has 0 saturated carbocycles. The lowest BCUT2D eigenvalue weighted by atomic mass is 10.2. The summed E-state index contributed by atoms with van der Waals surface area (Å²) < 4.78 is 13.1. The van der Waals surface area contributed by atoms with Crippen molar-refractivity contribution in [3.63, 3.8) is 0 Å². The van der Waals surface area contributed by atoms with Gasteiger partial charge in [0.1, 0.15) is 16.1 Å². The Labute approximate surface area is 306 Å². The number of hydrogen-bond acceptors (Lipinski definition) is 4. The van der Waals surface area contributed by atoms with Gasteiger partial charge in [-0.25, -0.2) is 0 Å². The Kier molecular flexibility index (Phi) is 9.33. The molecule has 0 nitrogen and oxygen atoms in total. The highest BCUT2D eigenvalue weighted by Gasteiger charge is 2.48. The molecule has 0 radical (unpaired) electrons. The molecule has 0 unspecified atom stereocenters. The number of rotatable bonds is 4. The third-order valence-corrected chi connectivity index (χ3v) is 39.7. The van der Waals surface area contributed by atoms with Crippen molar-refractivity contribution in [1.82, 2.24) is 0 Å². The summed E-state index contributed by atoms with van der Waals surface area (Å²) in [6.07, 6.45) is 0. The third-order valence-electron chi connectivity index (χ3n) is 8.96. The Balaban J connectivity index is 0.000000175. The molecule has 0 bridgehead atoms. The summed E-state index contributed by atoms with van der Waals surface area (Å²) in [5.41, 5.74) is 6.33. The fraction of sp³-hybridized carbons (Fsp3) is 0.500. The molecule has 0 atom stereocenters. The van der Waals surface area contributed by atoms with E-state index in [0.717, 1.165) is 0 Å². The first kappa shape index (κ1) is 36.3. The SMILES string of the molecule is C[Si](C)(C)c1cc2c(s1)[Si](C)(C)c1c([Si](C)(C)C)sc(Br)c1-2.C[Si](C)(C)c1cc2c(s1)[Si](C)(C)c1c([Si](C)(C)C)sc(Br)c1-2. The minimum Gasteiger partial charge on any atom is -0.154 e. The standard InChI is InChI=1S/2C16H25BrS2Si3/c2*1-20(2,3)11-9-10-12-13(22(7,8)15(10)18-11)16(19-14(12)17)21(4,5)6/h2*9H,1-8H3. The summed E-state index contributed by atoms with van der Waals surface area (Å²) in [4.78, 5) is 0. The lowest BCUT2D eigenvalue weighted by Gasteiger charge is -2.24. The number of hydrogen-bond donors (Lipinski definition) is 0. The van der Waals surface area contributed by atoms with Crippen LogP contribution in [0.25, 0.3) is 22.3 Å². The number of halogens is 2. The van der Waals surface area contributed by atoms with Crippen LogP contribution >= 0.6 is 77.2 Å². The Morgan fingerprint density at radius 3 is 1.02 bits per heavy atom. The van der Waals surface area contributed by atoms with Gasteiger partial charge in [0.05, 0.1) is 39.9 Å². The van der Waals surface area contributed by atoms with Crippen molar-refractivity contribution in [3.8, 4) is 22.3 Å². The van der Waals surface area contributed by atoms with E-state index in [-0.39, 0.29) is 0 Å². The molecular weight excluding hydrogens is 841 g/mol. The van der Waals surface area contributed by atoms with Crippen LogP contribution in [0.3, 0.4) is 0 Å². The molecule has 0 fully saturated rings. The minimum atomic E-state index is -1.52. The van der Waals surface area contributed by atoms with Crippen LogP contribution < -0.4 is 37.4 Å². The van der Waals surface area contributed by atoms with Gasteiger partial charge in [-0.3, -0.25) is 0 Å². The Morgan fingerprint density at radius 1 is 0.477 bits per heavy atom. The van der Waals surface area contributed by atoms with Gasteiger partial charge in [-0.1, -0.05) is 105 Å². The molecule has 2 aliphatic heterocycles. The summed E-state index contributed by atoms with van der Waals surface area (Å²) in [6.45, 7) is 40.1. The zero-order chi connectivity index (χ0) is 33.3. The van der Waals surface area contributed by atoms with E-state index < -0.39 is 48.4 Å². The largest absolute Gasteiger partial charge is 0.154 e. The van der Waals surface area contributed by atoms with Gasteiger partial charge >= 0.3 is 0 Å². The topological polar surface area (TPSA) is 0 Å². The molecule has 0 N–H and O–H groups in total. The maximum absolute atomic E-state index is 3.92. The average molecular weight is 891 g/mol. The summed E-state index contributed by atoms with van der Waals surface area (Å²) >= 11 is 16.2. The van der Waals surface area contributed by atoms with Crippen molar-refractivity contribution in [3.05, 3.63) is 19.7 Å². The smallest absolute Gasteiger partial charge is 0.127 e. The highest BCUT2D eigenvalue weighted by molar-refractivity contribution is 9.11. The van der Waals surface area contributed by atoms with Crippen molar-refractivity contribution < 1.29 is 0 Å². The fourth-order valence-electron chi connectivity index (χ4n) is 6.59. The van der Waals surface area contributed by atoms with E-state index in [1.807, 2.05) is 22.7 Å². The summed E-state index contributed by atoms with van der Waals surface area (Å²) in [5, 5.41) is 3.54. The highest BCUT2D eigenvalue weighted by atomic mass is 79.9. The quantitative estimate of drug-likeness (QED) is 0.180. The maximum Gasteiger partial charge on any atom is 0.127 e. The van der Waals surface area contributed by atoms with Crippen LogP contribution in [0.2, 0.25) is 105 Å². The van der Waals surface area contributed by atoms with Crippen molar-refractivity contribution in [1.29, 1.82) is 0 Å².